The molecule has 0 unspecified atom stereocenters. The van der Waals surface area contributed by atoms with Crippen molar-refractivity contribution in [3.63, 3.8) is 0 Å². The van der Waals surface area contributed by atoms with Crippen molar-refractivity contribution in [3.05, 3.63) is 0 Å². The number of aliphatic hydroxyl groups is 14. The van der Waals surface area contributed by atoms with Gasteiger partial charge in [0.25, 0.3) is 0 Å². The lowest BCUT2D eigenvalue weighted by atomic mass is 9.98. The van der Waals surface area contributed by atoms with E-state index in [1.165, 1.54) is 0 Å². The first kappa shape index (κ1) is 40.3. The molecular weight excluding hydrogens is 692 g/mol. The van der Waals surface area contributed by atoms with Gasteiger partial charge in [0.1, 0.15) is 104 Å². The second-order valence-corrected chi connectivity index (χ2v) is 12.6. The van der Waals surface area contributed by atoms with E-state index in [2.05, 4.69) is 0 Å². The smallest absolute Gasteiger partial charge is 0.187 e. The Labute approximate surface area is 282 Å². The molecule has 50 heavy (non-hydrogen) atoms. The number of ether oxygens (including phenoxy) is 9. The van der Waals surface area contributed by atoms with Crippen molar-refractivity contribution in [3.8, 4) is 0 Å². The molecule has 23 nitrogen and oxygen atoms in total. The van der Waals surface area contributed by atoms with Gasteiger partial charge in [0.15, 0.2) is 31.5 Å². The minimum absolute atomic E-state index is 0.465. The van der Waals surface area contributed by atoms with Crippen molar-refractivity contribution in [1.82, 2.24) is 0 Å². The maximum atomic E-state index is 11.2. The molecule has 5 saturated heterocycles. The molecule has 22 atom stereocenters. The summed E-state index contributed by atoms with van der Waals surface area (Å²) >= 11 is 0. The zero-order valence-corrected chi connectivity index (χ0v) is 26.2. The van der Waals surface area contributed by atoms with Crippen molar-refractivity contribution in [2.75, 3.05) is 33.0 Å². The third-order valence-electron chi connectivity index (χ3n) is 9.17. The predicted octanol–water partition coefficient (Wildman–Crippen LogP) is -10.0. The molecule has 0 aromatic carbocycles. The first-order valence-corrected chi connectivity index (χ1v) is 15.8. The van der Waals surface area contributed by atoms with Crippen LogP contribution in [0, 0.1) is 0 Å². The Bertz CT molecular complexity index is 1060. The van der Waals surface area contributed by atoms with Gasteiger partial charge in [-0.05, 0) is 0 Å². The summed E-state index contributed by atoms with van der Waals surface area (Å²) in [4.78, 5) is 0. The second kappa shape index (κ2) is 17.0. The van der Waals surface area contributed by atoms with E-state index in [1.54, 1.807) is 0 Å². The van der Waals surface area contributed by atoms with E-state index in [9.17, 15) is 71.5 Å². The normalized spacial score (nSPS) is 53.6. The lowest BCUT2D eigenvalue weighted by Crippen LogP contribution is -2.66. The maximum Gasteiger partial charge on any atom is 0.187 e. The summed E-state index contributed by atoms with van der Waals surface area (Å²) < 4.78 is 49.9. The van der Waals surface area contributed by atoms with Crippen molar-refractivity contribution >= 4 is 0 Å². The summed E-state index contributed by atoms with van der Waals surface area (Å²) in [6, 6.07) is 0. The van der Waals surface area contributed by atoms with Crippen molar-refractivity contribution in [1.29, 1.82) is 0 Å². The van der Waals surface area contributed by atoms with E-state index in [4.69, 9.17) is 42.6 Å². The van der Waals surface area contributed by atoms with Crippen LogP contribution in [0.2, 0.25) is 0 Å². The second-order valence-electron chi connectivity index (χ2n) is 12.6. The Morgan fingerprint density at radius 3 is 1.44 bits per heavy atom. The van der Waals surface area contributed by atoms with Crippen molar-refractivity contribution in [2.24, 2.45) is 0 Å². The molecule has 0 saturated carbocycles. The zero-order valence-electron chi connectivity index (χ0n) is 26.2. The summed E-state index contributed by atoms with van der Waals surface area (Å²) in [6.07, 6.45) is -38.3. The minimum atomic E-state index is -1.99. The van der Waals surface area contributed by atoms with Gasteiger partial charge < -0.3 is 114 Å². The van der Waals surface area contributed by atoms with Gasteiger partial charge >= 0.3 is 0 Å². The molecule has 0 aliphatic carbocycles. The van der Waals surface area contributed by atoms with Gasteiger partial charge in [-0.3, -0.25) is 0 Å². The monoisotopic (exact) mass is 738 g/mol. The lowest BCUT2D eigenvalue weighted by Gasteiger charge is -2.48. The summed E-state index contributed by atoms with van der Waals surface area (Å²) in [6.45, 7) is -3.28. The number of aliphatic hydroxyl groups excluding tert-OH is 14. The van der Waals surface area contributed by atoms with E-state index in [1.807, 2.05) is 0 Å². The molecule has 0 bridgehead atoms. The molecule has 5 aliphatic heterocycles. The van der Waals surface area contributed by atoms with Crippen LogP contribution >= 0.6 is 0 Å². The van der Waals surface area contributed by atoms with Gasteiger partial charge in [0.2, 0.25) is 0 Å². The molecule has 5 heterocycles. The average Bonchev–Trinajstić information content (AvgIpc) is 3.10. The highest BCUT2D eigenvalue weighted by molar-refractivity contribution is 4.96. The fraction of sp³-hybridized carbons (Fsp3) is 1.00. The lowest BCUT2D eigenvalue weighted by molar-refractivity contribution is -0.394. The van der Waals surface area contributed by atoms with E-state index in [0.29, 0.717) is 0 Å². The first-order valence-electron chi connectivity index (χ1n) is 15.8. The molecule has 292 valence electrons. The molecule has 14 N–H and O–H groups in total. The SMILES string of the molecule is OC[C@@H]1O[C@H](O[C@H]2[C@@H](O[C@@H]3O[C@H](CO)[C@@H](O)[C@H](O)[C@@H]3O)[C@@H](O[C@@H]3CO[C@@H](O)[C@H](O[C@@H]4OC[C@@H](O)[C@H](O)[C@@H]4O)[C@@H]3O)OC[C@H]2O)[C@@H](O)[C@H](O)[C@H]1O. The quantitative estimate of drug-likeness (QED) is 0.0989. The van der Waals surface area contributed by atoms with Crippen LogP contribution in [0.5, 0.6) is 0 Å². The van der Waals surface area contributed by atoms with Gasteiger partial charge in [-0.15, -0.1) is 0 Å². The zero-order chi connectivity index (χ0) is 36.6. The van der Waals surface area contributed by atoms with Crippen LogP contribution in [-0.4, -0.2) is 240 Å². The van der Waals surface area contributed by atoms with Gasteiger partial charge in [-0.1, -0.05) is 0 Å². The van der Waals surface area contributed by atoms with E-state index in [-0.39, 0.29) is 0 Å². The van der Waals surface area contributed by atoms with Gasteiger partial charge in [0.05, 0.1) is 33.0 Å². The summed E-state index contributed by atoms with van der Waals surface area (Å²) in [7, 11) is 0. The highest BCUT2D eigenvalue weighted by Gasteiger charge is 2.54. The predicted molar refractivity (Wildman–Crippen MR) is 148 cm³/mol. The van der Waals surface area contributed by atoms with E-state index < -0.39 is 168 Å². The van der Waals surface area contributed by atoms with Crippen LogP contribution in [0.15, 0.2) is 0 Å². The molecule has 0 radical (unpaired) electrons. The Kier molecular flexibility index (Phi) is 13.7. The minimum Gasteiger partial charge on any atom is -0.394 e. The highest BCUT2D eigenvalue weighted by atomic mass is 16.8. The fourth-order valence-corrected chi connectivity index (χ4v) is 6.11. The largest absolute Gasteiger partial charge is 0.394 e. The number of hydrogen-bond acceptors (Lipinski definition) is 23. The van der Waals surface area contributed by atoms with E-state index >= 15 is 0 Å². The summed E-state index contributed by atoms with van der Waals surface area (Å²) in [5.74, 6) is 0. The topological polar surface area (TPSA) is 366 Å². The fourth-order valence-electron chi connectivity index (χ4n) is 6.11. The summed E-state index contributed by atoms with van der Waals surface area (Å²) in [5.41, 5.74) is 0. The molecule has 0 aromatic heterocycles. The maximum absolute atomic E-state index is 11.2. The molecule has 0 amide bonds. The van der Waals surface area contributed by atoms with Gasteiger partial charge in [0, 0.05) is 0 Å². The van der Waals surface area contributed by atoms with Crippen LogP contribution in [0.4, 0.5) is 0 Å². The van der Waals surface area contributed by atoms with Crippen LogP contribution in [0.25, 0.3) is 0 Å². The van der Waals surface area contributed by atoms with Crippen LogP contribution in [-0.2, 0) is 42.6 Å². The molecule has 0 aromatic rings. The van der Waals surface area contributed by atoms with Crippen LogP contribution < -0.4 is 0 Å². The molecule has 23 heteroatoms. The molecule has 5 rings (SSSR count). The Balaban J connectivity index is 1.38. The molecule has 5 aliphatic rings. The Hall–Kier alpha value is -0.920. The average molecular weight is 739 g/mol. The Morgan fingerprint density at radius 2 is 0.880 bits per heavy atom. The van der Waals surface area contributed by atoms with Crippen molar-refractivity contribution < 1.29 is 114 Å². The number of hydrogen-bond donors (Lipinski definition) is 14. The van der Waals surface area contributed by atoms with Gasteiger partial charge in [-0.2, -0.15) is 0 Å². The molecular formula is C27H46O23. The van der Waals surface area contributed by atoms with E-state index in [0.717, 1.165) is 0 Å². The van der Waals surface area contributed by atoms with Crippen LogP contribution in [0.1, 0.15) is 0 Å². The third kappa shape index (κ3) is 8.25. The van der Waals surface area contributed by atoms with Crippen molar-refractivity contribution in [2.45, 2.75) is 135 Å². The summed E-state index contributed by atoms with van der Waals surface area (Å²) in [5, 5.41) is 144. The molecule has 0 spiro atoms. The van der Waals surface area contributed by atoms with Crippen LogP contribution in [0.3, 0.4) is 0 Å². The standard InChI is InChI=1S/C27H46O23/c28-1-8-12(33)15(36)18(39)25(45-8)48-20-7(31)4-44-27(22(20)50-26-19(40)16(37)13(34)9(2-29)46-26)47-10-5-42-23(41)21(14(10)35)49-24-17(38)11(32)6(30)3-43-24/h6-41H,1-5H2/t6-,7-,8+,9-,10-,11+,12+,13-,14-,15-,16+,17+,18+,19+,20-,21-,22-,23-,24+,25-,26+,27-/m1/s1. The Morgan fingerprint density at radius 1 is 0.400 bits per heavy atom. The van der Waals surface area contributed by atoms with Gasteiger partial charge in [-0.25, -0.2) is 0 Å². The number of rotatable bonds is 10. The third-order valence-corrected chi connectivity index (χ3v) is 9.17. The highest BCUT2D eigenvalue weighted by Crippen LogP contribution is 2.34. The molecule has 5 fully saturated rings. The first-order chi connectivity index (χ1) is 23.7.